The lowest BCUT2D eigenvalue weighted by Gasteiger charge is -2.06. The van der Waals surface area contributed by atoms with Gasteiger partial charge in [0.15, 0.2) is 0 Å². The smallest absolute Gasteiger partial charge is 0.339 e. The number of carboxylic acid groups (broad SMARTS) is 3. The Bertz CT molecular complexity index is 504. The quantitative estimate of drug-likeness (QED) is 0.685. The summed E-state index contributed by atoms with van der Waals surface area (Å²) in [5.74, 6) is -3.02. The van der Waals surface area contributed by atoms with Gasteiger partial charge < -0.3 is 20.1 Å². The summed E-state index contributed by atoms with van der Waals surface area (Å²) < 4.78 is 5.27. The van der Waals surface area contributed by atoms with Crippen LogP contribution in [0.2, 0.25) is 0 Å². The van der Waals surface area contributed by atoms with Crippen molar-refractivity contribution < 1.29 is 34.4 Å². The molecular formula is C14H16O7. The Morgan fingerprint density at radius 3 is 2.00 bits per heavy atom. The third-order valence-electron chi connectivity index (χ3n) is 1.95. The first-order chi connectivity index (χ1) is 9.88. The maximum Gasteiger partial charge on any atom is 0.339 e. The van der Waals surface area contributed by atoms with E-state index in [1.807, 2.05) is 6.92 Å². The summed E-state index contributed by atoms with van der Waals surface area (Å²) in [4.78, 5) is 29.8. The first-order valence-corrected chi connectivity index (χ1v) is 5.97. The number of hydrogen-bond donors (Lipinski definition) is 3. The van der Waals surface area contributed by atoms with Gasteiger partial charge in [-0.2, -0.15) is 0 Å². The van der Waals surface area contributed by atoms with Gasteiger partial charge in [-0.3, -0.25) is 0 Å². The number of hydrogen-bond acceptors (Lipinski definition) is 4. The molecule has 21 heavy (non-hydrogen) atoms. The average Bonchev–Trinajstić information content (AvgIpc) is 2.43. The molecule has 7 heteroatoms. The van der Waals surface area contributed by atoms with Gasteiger partial charge in [0, 0.05) is 12.2 Å². The van der Waals surface area contributed by atoms with Crippen LogP contribution in [0.3, 0.4) is 0 Å². The number of rotatable bonds is 6. The maximum absolute atomic E-state index is 10.7. The number of aliphatic carboxylic acids is 2. The Labute approximate surface area is 121 Å². The molecule has 0 aliphatic rings. The molecule has 0 fully saturated rings. The molecule has 0 aromatic heterocycles. The highest BCUT2D eigenvalue weighted by Gasteiger charge is 2.08. The first kappa shape index (κ1) is 18.2. The number of benzene rings is 1. The van der Waals surface area contributed by atoms with Gasteiger partial charge in [-0.05, 0) is 18.6 Å². The second-order valence-corrected chi connectivity index (χ2v) is 3.66. The molecule has 114 valence electrons. The van der Waals surface area contributed by atoms with Gasteiger partial charge in [-0.15, -0.1) is 0 Å². The second kappa shape index (κ2) is 10.0. The fourth-order valence-corrected chi connectivity index (χ4v) is 1.12. The van der Waals surface area contributed by atoms with Crippen molar-refractivity contribution in [3.63, 3.8) is 0 Å². The van der Waals surface area contributed by atoms with Crippen molar-refractivity contribution in [1.82, 2.24) is 0 Å². The lowest BCUT2D eigenvalue weighted by atomic mass is 10.2. The van der Waals surface area contributed by atoms with Crippen LogP contribution < -0.4 is 4.74 Å². The van der Waals surface area contributed by atoms with Crippen LogP contribution in [0, 0.1) is 0 Å². The summed E-state index contributed by atoms with van der Waals surface area (Å²) in [5.41, 5.74) is 0.218. The van der Waals surface area contributed by atoms with Gasteiger partial charge >= 0.3 is 17.9 Å². The Kier molecular flexibility index (Phi) is 8.67. The summed E-state index contributed by atoms with van der Waals surface area (Å²) in [6, 6.07) is 6.64. The van der Waals surface area contributed by atoms with Gasteiger partial charge in [-0.25, -0.2) is 14.4 Å². The van der Waals surface area contributed by atoms with E-state index in [9.17, 15) is 14.4 Å². The third kappa shape index (κ3) is 8.82. The lowest BCUT2D eigenvalue weighted by Crippen LogP contribution is -2.03. The lowest BCUT2D eigenvalue weighted by molar-refractivity contribution is -0.134. The van der Waals surface area contributed by atoms with Gasteiger partial charge in [0.05, 0.1) is 6.61 Å². The molecule has 7 nitrogen and oxygen atoms in total. The monoisotopic (exact) mass is 296 g/mol. The van der Waals surface area contributed by atoms with E-state index in [0.717, 1.165) is 6.42 Å². The van der Waals surface area contributed by atoms with Crippen LogP contribution in [0.5, 0.6) is 5.75 Å². The van der Waals surface area contributed by atoms with E-state index in [1.165, 1.54) is 6.07 Å². The SMILES string of the molecule is CCCOc1ccccc1C(=O)O.O=C(O)/C=C/C(=O)O. The van der Waals surface area contributed by atoms with E-state index < -0.39 is 17.9 Å². The van der Waals surface area contributed by atoms with Crippen molar-refractivity contribution in [1.29, 1.82) is 0 Å². The van der Waals surface area contributed by atoms with Crippen LogP contribution in [0.25, 0.3) is 0 Å². The summed E-state index contributed by atoms with van der Waals surface area (Å²) >= 11 is 0. The second-order valence-electron chi connectivity index (χ2n) is 3.66. The minimum absolute atomic E-state index is 0.218. The van der Waals surface area contributed by atoms with Crippen molar-refractivity contribution in [3.8, 4) is 5.75 Å². The zero-order valence-corrected chi connectivity index (χ0v) is 11.4. The predicted octanol–water partition coefficient (Wildman–Crippen LogP) is 1.89. The number of para-hydroxylation sites is 1. The summed E-state index contributed by atoms with van der Waals surface area (Å²) in [6.45, 7) is 2.52. The van der Waals surface area contributed by atoms with E-state index in [2.05, 4.69) is 0 Å². The van der Waals surface area contributed by atoms with Crippen LogP contribution in [0.1, 0.15) is 23.7 Å². The minimum Gasteiger partial charge on any atom is -0.493 e. The van der Waals surface area contributed by atoms with E-state index >= 15 is 0 Å². The molecule has 0 radical (unpaired) electrons. The highest BCUT2D eigenvalue weighted by atomic mass is 16.5. The largest absolute Gasteiger partial charge is 0.493 e. The number of ether oxygens (including phenoxy) is 1. The van der Waals surface area contributed by atoms with Crippen molar-refractivity contribution in [2.75, 3.05) is 6.61 Å². The van der Waals surface area contributed by atoms with E-state index in [1.54, 1.807) is 18.2 Å². The topological polar surface area (TPSA) is 121 Å². The summed E-state index contributed by atoms with van der Waals surface area (Å²) in [5, 5.41) is 24.4. The maximum atomic E-state index is 10.7. The van der Waals surface area contributed by atoms with Gasteiger partial charge in [0.1, 0.15) is 11.3 Å². The Balaban J connectivity index is 0.000000433. The molecule has 0 atom stereocenters. The highest BCUT2D eigenvalue weighted by Crippen LogP contribution is 2.17. The molecule has 0 aliphatic carbocycles. The number of carboxylic acids is 3. The fraction of sp³-hybridized carbons (Fsp3) is 0.214. The number of carbonyl (C=O) groups is 3. The van der Waals surface area contributed by atoms with Crippen LogP contribution in [-0.2, 0) is 9.59 Å². The zero-order valence-electron chi connectivity index (χ0n) is 11.4. The molecule has 1 rings (SSSR count). The molecule has 1 aromatic rings. The van der Waals surface area contributed by atoms with E-state index in [-0.39, 0.29) is 5.56 Å². The molecule has 0 saturated heterocycles. The molecule has 0 spiro atoms. The molecule has 1 aromatic carbocycles. The van der Waals surface area contributed by atoms with E-state index in [0.29, 0.717) is 24.5 Å². The van der Waals surface area contributed by atoms with Crippen LogP contribution in [0.15, 0.2) is 36.4 Å². The van der Waals surface area contributed by atoms with Crippen molar-refractivity contribution in [2.45, 2.75) is 13.3 Å². The fourth-order valence-electron chi connectivity index (χ4n) is 1.12. The average molecular weight is 296 g/mol. The molecule has 0 saturated carbocycles. The molecule has 0 amide bonds. The van der Waals surface area contributed by atoms with Crippen molar-refractivity contribution >= 4 is 17.9 Å². The molecule has 0 aliphatic heterocycles. The summed E-state index contributed by atoms with van der Waals surface area (Å²) in [6.07, 6.45) is 1.98. The van der Waals surface area contributed by atoms with Gasteiger partial charge in [0.25, 0.3) is 0 Å². The summed E-state index contributed by atoms with van der Waals surface area (Å²) in [7, 11) is 0. The van der Waals surface area contributed by atoms with Crippen molar-refractivity contribution in [3.05, 3.63) is 42.0 Å². The van der Waals surface area contributed by atoms with Gasteiger partial charge in [0.2, 0.25) is 0 Å². The minimum atomic E-state index is -1.26. The molecule has 0 heterocycles. The highest BCUT2D eigenvalue weighted by molar-refractivity contribution is 5.90. The van der Waals surface area contributed by atoms with Crippen LogP contribution in [0.4, 0.5) is 0 Å². The normalized spacial score (nSPS) is 9.57. The standard InChI is InChI=1S/C10H12O3.C4H4O4/c1-2-7-13-9-6-4-3-5-8(9)10(11)12;5-3(6)1-2-4(7)8/h3-6H,2,7H2,1H3,(H,11,12);1-2H,(H,5,6)(H,7,8)/b;2-1+. The van der Waals surface area contributed by atoms with Crippen LogP contribution in [-0.4, -0.2) is 39.8 Å². The first-order valence-electron chi connectivity index (χ1n) is 5.97. The van der Waals surface area contributed by atoms with Crippen LogP contribution >= 0.6 is 0 Å². The van der Waals surface area contributed by atoms with Gasteiger partial charge in [-0.1, -0.05) is 19.1 Å². The third-order valence-corrected chi connectivity index (χ3v) is 1.95. The molecular weight excluding hydrogens is 280 g/mol. The van der Waals surface area contributed by atoms with E-state index in [4.69, 9.17) is 20.1 Å². The molecule has 3 N–H and O–H groups in total. The molecule has 0 bridgehead atoms. The predicted molar refractivity (Wildman–Crippen MR) is 73.6 cm³/mol. The Hall–Kier alpha value is -2.83. The van der Waals surface area contributed by atoms with Crippen molar-refractivity contribution in [2.24, 2.45) is 0 Å². The number of aromatic carboxylic acids is 1. The Morgan fingerprint density at radius 1 is 1.05 bits per heavy atom. The zero-order chi connectivity index (χ0) is 16.3. The molecule has 0 unspecified atom stereocenters. The Morgan fingerprint density at radius 2 is 1.57 bits per heavy atom.